The molecule has 0 saturated heterocycles. The summed E-state index contributed by atoms with van der Waals surface area (Å²) in [6, 6.07) is 11.5. The lowest BCUT2D eigenvalue weighted by Gasteiger charge is -2.20. The third-order valence-corrected chi connectivity index (χ3v) is 5.18. The van der Waals surface area contributed by atoms with Crippen LogP contribution in [0.5, 0.6) is 0 Å². The van der Waals surface area contributed by atoms with E-state index in [-0.39, 0.29) is 20.2 Å². The van der Waals surface area contributed by atoms with E-state index < -0.39 is 27.8 Å². The molecule has 0 unspecified atom stereocenters. The Morgan fingerprint density at radius 2 is 1.62 bits per heavy atom. The molecule has 10 heteroatoms. The van der Waals surface area contributed by atoms with E-state index in [4.69, 9.17) is 5.84 Å². The van der Waals surface area contributed by atoms with Crippen LogP contribution in [0.1, 0.15) is 11.4 Å². The minimum atomic E-state index is -4.85. The molecular weight excluding hydrogens is 369 g/mol. The molecule has 1 heterocycles. The molecule has 2 aromatic carbocycles. The minimum Gasteiger partial charge on any atom is -0.231 e. The number of nitrogens with two attached hydrogens (primary N) is 1. The Kier molecular flexibility index (Phi) is 4.32. The summed E-state index contributed by atoms with van der Waals surface area (Å²) >= 11 is 0. The fourth-order valence-corrected chi connectivity index (χ4v) is 3.37. The zero-order valence-electron chi connectivity index (χ0n) is 13.4. The van der Waals surface area contributed by atoms with Gasteiger partial charge in [-0.15, -0.1) is 0 Å². The highest BCUT2D eigenvalue weighted by atomic mass is 32.2. The van der Waals surface area contributed by atoms with Crippen molar-refractivity contribution in [3.05, 3.63) is 59.9 Å². The topological polar surface area (TPSA) is 89.2 Å². The molecule has 0 aliphatic rings. The zero-order chi connectivity index (χ0) is 19.1. The van der Waals surface area contributed by atoms with Gasteiger partial charge in [0.25, 0.3) is 10.0 Å². The molecular formula is C16H13F3N4O2S. The first-order valence-electron chi connectivity index (χ1n) is 7.31. The monoisotopic (exact) mass is 382 g/mol. The van der Waals surface area contributed by atoms with E-state index in [1.165, 1.54) is 36.4 Å². The maximum absolute atomic E-state index is 13.1. The molecule has 0 amide bonds. The molecule has 6 nitrogen and oxygen atoms in total. The average molecular weight is 382 g/mol. The van der Waals surface area contributed by atoms with Crippen molar-refractivity contribution >= 4 is 26.7 Å². The normalized spacial score (nSPS) is 12.3. The van der Waals surface area contributed by atoms with Crippen LogP contribution < -0.4 is 10.3 Å². The highest BCUT2D eigenvalue weighted by molar-refractivity contribution is 7.92. The molecule has 0 bridgehead atoms. The summed E-state index contributed by atoms with van der Waals surface area (Å²) in [6.07, 6.45) is -4.85. The summed E-state index contributed by atoms with van der Waals surface area (Å²) < 4.78 is 64.9. The Hall–Kier alpha value is -2.72. The number of sulfonamides is 1. The first-order valence-corrected chi connectivity index (χ1v) is 8.75. The molecule has 0 saturated carbocycles. The molecule has 3 rings (SSSR count). The van der Waals surface area contributed by atoms with Gasteiger partial charge in [0.05, 0.1) is 10.4 Å². The average Bonchev–Trinajstić information content (AvgIpc) is 2.59. The Morgan fingerprint density at radius 3 is 2.23 bits per heavy atom. The lowest BCUT2D eigenvalue weighted by atomic mass is 10.2. The van der Waals surface area contributed by atoms with Crippen molar-refractivity contribution in [3.63, 3.8) is 0 Å². The van der Waals surface area contributed by atoms with Crippen molar-refractivity contribution in [2.45, 2.75) is 18.0 Å². The number of aryl methyl sites for hydroxylation is 1. The summed E-state index contributed by atoms with van der Waals surface area (Å²) in [7, 11) is -4.31. The third kappa shape index (κ3) is 3.20. The number of hydrazine groups is 1. The number of halogens is 3. The van der Waals surface area contributed by atoms with E-state index in [0.29, 0.717) is 0 Å². The van der Waals surface area contributed by atoms with Crippen LogP contribution in [-0.2, 0) is 16.2 Å². The number of nitrogens with zero attached hydrogens (tertiary/aromatic N) is 3. The lowest BCUT2D eigenvalue weighted by Crippen LogP contribution is -2.38. The van der Waals surface area contributed by atoms with E-state index in [2.05, 4.69) is 9.97 Å². The van der Waals surface area contributed by atoms with E-state index in [1.54, 1.807) is 19.1 Å². The van der Waals surface area contributed by atoms with Gasteiger partial charge in [-0.25, -0.2) is 15.8 Å². The summed E-state index contributed by atoms with van der Waals surface area (Å²) in [5, 5.41) is 0.0821. The van der Waals surface area contributed by atoms with Crippen molar-refractivity contribution in [3.8, 4) is 0 Å². The third-order valence-electron chi connectivity index (χ3n) is 3.62. The fourth-order valence-electron chi connectivity index (χ4n) is 2.29. The van der Waals surface area contributed by atoms with Crippen LogP contribution in [0.4, 0.5) is 19.0 Å². The van der Waals surface area contributed by atoms with E-state index in [9.17, 15) is 21.6 Å². The number of fused-ring (bicyclic) bond motifs is 1. The number of hydrogen-bond acceptors (Lipinski definition) is 5. The number of rotatable bonds is 3. The Bertz CT molecular complexity index is 1070. The second-order valence-corrected chi connectivity index (χ2v) is 7.31. The van der Waals surface area contributed by atoms with Gasteiger partial charge in [0.15, 0.2) is 5.82 Å². The Labute approximate surface area is 147 Å². The first-order chi connectivity index (χ1) is 12.1. The second kappa shape index (κ2) is 6.22. The molecule has 3 aromatic rings. The van der Waals surface area contributed by atoms with Crippen molar-refractivity contribution in [2.24, 2.45) is 5.84 Å². The number of para-hydroxylation sites is 1. The molecule has 0 radical (unpaired) electrons. The summed E-state index contributed by atoms with van der Waals surface area (Å²) in [6.45, 7) is 1.77. The van der Waals surface area contributed by atoms with Gasteiger partial charge < -0.3 is 0 Å². The Morgan fingerprint density at radius 1 is 1.00 bits per heavy atom. The fraction of sp³-hybridized carbons (Fsp3) is 0.125. The van der Waals surface area contributed by atoms with Crippen molar-refractivity contribution in [1.82, 2.24) is 9.97 Å². The van der Waals surface area contributed by atoms with Gasteiger partial charge in [0, 0.05) is 5.39 Å². The van der Waals surface area contributed by atoms with Gasteiger partial charge in [0.1, 0.15) is 0 Å². The molecule has 0 fully saturated rings. The van der Waals surface area contributed by atoms with Crippen LogP contribution in [-0.4, -0.2) is 18.4 Å². The van der Waals surface area contributed by atoms with E-state index >= 15 is 0 Å². The van der Waals surface area contributed by atoms with Crippen LogP contribution in [0.2, 0.25) is 0 Å². The van der Waals surface area contributed by atoms with Gasteiger partial charge in [-0.3, -0.25) is 0 Å². The molecule has 136 valence electrons. The van der Waals surface area contributed by atoms with E-state index in [0.717, 1.165) is 5.56 Å². The smallest absolute Gasteiger partial charge is 0.231 e. The Balaban J connectivity index is 2.21. The first kappa shape index (κ1) is 18.1. The maximum Gasteiger partial charge on any atom is 0.451 e. The number of benzene rings is 2. The number of hydrogen-bond donors (Lipinski definition) is 1. The van der Waals surface area contributed by atoms with Gasteiger partial charge >= 0.3 is 6.18 Å². The van der Waals surface area contributed by atoms with Gasteiger partial charge in [-0.1, -0.05) is 29.8 Å². The van der Waals surface area contributed by atoms with Crippen LogP contribution in [0.15, 0.2) is 53.4 Å². The predicted octanol–water partition coefficient (Wildman–Crippen LogP) is 3.03. The molecule has 0 atom stereocenters. The molecule has 0 aliphatic heterocycles. The standard InChI is InChI=1S/C16H13F3N4O2S/c1-10-6-8-11(9-7-10)26(24,25)23(20)14-12-4-2-3-5-13(12)21-15(22-14)16(17,18)19/h2-9H,20H2,1H3. The number of aromatic nitrogens is 2. The molecule has 0 spiro atoms. The lowest BCUT2D eigenvalue weighted by molar-refractivity contribution is -0.144. The van der Waals surface area contributed by atoms with Crippen LogP contribution in [0.25, 0.3) is 10.9 Å². The summed E-state index contributed by atoms with van der Waals surface area (Å²) in [5.41, 5.74) is 0.749. The van der Waals surface area contributed by atoms with Crippen molar-refractivity contribution < 1.29 is 21.6 Å². The second-order valence-electron chi connectivity index (χ2n) is 5.50. The molecule has 2 N–H and O–H groups in total. The quantitative estimate of drug-likeness (QED) is 0.556. The van der Waals surface area contributed by atoms with Crippen LogP contribution in [0, 0.1) is 6.92 Å². The highest BCUT2D eigenvalue weighted by Crippen LogP contribution is 2.32. The molecule has 1 aromatic heterocycles. The van der Waals surface area contributed by atoms with Crippen LogP contribution in [0.3, 0.4) is 0 Å². The highest BCUT2D eigenvalue weighted by Gasteiger charge is 2.37. The van der Waals surface area contributed by atoms with Crippen molar-refractivity contribution in [2.75, 3.05) is 4.41 Å². The van der Waals surface area contributed by atoms with E-state index in [1.807, 2.05) is 0 Å². The van der Waals surface area contributed by atoms with Gasteiger partial charge in [0.2, 0.25) is 5.82 Å². The predicted molar refractivity (Wildman–Crippen MR) is 89.6 cm³/mol. The largest absolute Gasteiger partial charge is 0.451 e. The van der Waals surface area contributed by atoms with Crippen LogP contribution >= 0.6 is 0 Å². The summed E-state index contributed by atoms with van der Waals surface area (Å²) in [4.78, 5) is 6.64. The van der Waals surface area contributed by atoms with Gasteiger partial charge in [-0.2, -0.15) is 26.0 Å². The maximum atomic E-state index is 13.1. The van der Waals surface area contributed by atoms with Gasteiger partial charge in [-0.05, 0) is 31.2 Å². The minimum absolute atomic E-state index is 0.0700. The zero-order valence-corrected chi connectivity index (χ0v) is 14.2. The van der Waals surface area contributed by atoms with Crippen molar-refractivity contribution in [1.29, 1.82) is 0 Å². The summed E-state index contributed by atoms with van der Waals surface area (Å²) in [5.74, 6) is 3.69. The molecule has 0 aliphatic carbocycles. The number of anilines is 1. The number of alkyl halides is 3. The SMILES string of the molecule is Cc1ccc(S(=O)(=O)N(N)c2nc(C(F)(F)F)nc3ccccc23)cc1. The molecule has 26 heavy (non-hydrogen) atoms.